The van der Waals surface area contributed by atoms with Crippen LogP contribution in [0.25, 0.3) is 10.9 Å². The molecule has 172 valence electrons. The number of ether oxygens (including phenoxy) is 2. The van der Waals surface area contributed by atoms with Crippen molar-refractivity contribution in [3.05, 3.63) is 35.7 Å². The van der Waals surface area contributed by atoms with Gasteiger partial charge in [0.05, 0.1) is 23.6 Å². The largest absolute Gasteiger partial charge is 0.495 e. The second-order valence-corrected chi connectivity index (χ2v) is 9.63. The van der Waals surface area contributed by atoms with E-state index in [0.29, 0.717) is 42.6 Å². The van der Waals surface area contributed by atoms with E-state index >= 15 is 0 Å². The van der Waals surface area contributed by atoms with Gasteiger partial charge in [-0.3, -0.25) is 10.1 Å². The molecule has 0 radical (unpaired) electrons. The number of nitrogens with one attached hydrogen (secondary N) is 2. The molecule has 1 aliphatic heterocycles. The Kier molecular flexibility index (Phi) is 5.76. The lowest BCUT2D eigenvalue weighted by atomic mass is 10.1. The Bertz CT molecular complexity index is 1250. The standard InChI is InChI=1S/C20H21F3N4O4S/c1-11-18(20(21,22)23)26-27-19(11)25-14-3-6-24-15-10-16(30-2)17(9-13(14)15)32(28,29)12-4-7-31-8-5-12/h3,6,9-10,12H,4-5,7-8H2,1-2H3,(H2,24,25,26,27). The molecule has 3 aromatic rings. The molecule has 12 heteroatoms. The van der Waals surface area contributed by atoms with Gasteiger partial charge in [0.15, 0.2) is 15.7 Å². The number of aromatic nitrogens is 3. The number of anilines is 2. The number of fused-ring (bicyclic) bond motifs is 1. The lowest BCUT2D eigenvalue weighted by molar-refractivity contribution is -0.141. The van der Waals surface area contributed by atoms with Gasteiger partial charge in [0.2, 0.25) is 0 Å². The first-order valence-electron chi connectivity index (χ1n) is 9.80. The maximum Gasteiger partial charge on any atom is 0.433 e. The average molecular weight is 470 g/mol. The normalized spacial score (nSPS) is 15.8. The third-order valence-electron chi connectivity index (χ3n) is 5.49. The van der Waals surface area contributed by atoms with E-state index in [1.165, 1.54) is 32.4 Å². The fraction of sp³-hybridized carbons (Fsp3) is 0.400. The van der Waals surface area contributed by atoms with Crippen molar-refractivity contribution in [3.63, 3.8) is 0 Å². The summed E-state index contributed by atoms with van der Waals surface area (Å²) in [5, 5.41) is 8.39. The average Bonchev–Trinajstić information content (AvgIpc) is 3.14. The summed E-state index contributed by atoms with van der Waals surface area (Å²) in [7, 11) is -2.37. The molecule has 0 atom stereocenters. The van der Waals surface area contributed by atoms with E-state index in [0.717, 1.165) is 0 Å². The summed E-state index contributed by atoms with van der Waals surface area (Å²) >= 11 is 0. The topological polar surface area (TPSA) is 106 Å². The van der Waals surface area contributed by atoms with Crippen LogP contribution in [0.5, 0.6) is 5.75 Å². The van der Waals surface area contributed by atoms with Gasteiger partial charge in [0, 0.05) is 36.4 Å². The van der Waals surface area contributed by atoms with Crippen molar-refractivity contribution in [1.82, 2.24) is 15.2 Å². The number of methoxy groups -OCH3 is 1. The van der Waals surface area contributed by atoms with Gasteiger partial charge >= 0.3 is 6.18 Å². The Morgan fingerprint density at radius 1 is 1.25 bits per heavy atom. The molecular formula is C20H21F3N4O4S. The molecule has 32 heavy (non-hydrogen) atoms. The number of H-pyrrole nitrogens is 1. The molecule has 0 amide bonds. The Balaban J connectivity index is 1.81. The summed E-state index contributed by atoms with van der Waals surface area (Å²) in [6.45, 7) is 2.00. The zero-order valence-electron chi connectivity index (χ0n) is 17.3. The molecule has 8 nitrogen and oxygen atoms in total. The maximum absolute atomic E-state index is 13.3. The van der Waals surface area contributed by atoms with E-state index in [4.69, 9.17) is 9.47 Å². The number of rotatable bonds is 5. The highest BCUT2D eigenvalue weighted by atomic mass is 32.2. The molecule has 2 aromatic heterocycles. The van der Waals surface area contributed by atoms with Crippen LogP contribution in [0.15, 0.2) is 29.3 Å². The molecule has 0 spiro atoms. The summed E-state index contributed by atoms with van der Waals surface area (Å²) in [5.41, 5.74) is -0.278. The Morgan fingerprint density at radius 3 is 2.59 bits per heavy atom. The van der Waals surface area contributed by atoms with Gasteiger partial charge in [-0.2, -0.15) is 18.3 Å². The lowest BCUT2D eigenvalue weighted by Crippen LogP contribution is -2.29. The second kappa shape index (κ2) is 8.24. The SMILES string of the molecule is COc1cc2nccc(Nc3n[nH]c(C(F)(F)F)c3C)c2cc1S(=O)(=O)C1CCOCC1. The molecule has 1 aromatic carbocycles. The number of hydrogen-bond acceptors (Lipinski definition) is 7. The van der Waals surface area contributed by atoms with E-state index in [1.54, 1.807) is 6.07 Å². The van der Waals surface area contributed by atoms with Crippen LogP contribution >= 0.6 is 0 Å². The van der Waals surface area contributed by atoms with E-state index in [2.05, 4.69) is 15.4 Å². The molecule has 3 heterocycles. The number of nitrogens with zero attached hydrogens (tertiary/aromatic N) is 2. The number of hydrogen-bond donors (Lipinski definition) is 2. The Hall–Kier alpha value is -2.86. The smallest absolute Gasteiger partial charge is 0.433 e. The van der Waals surface area contributed by atoms with Crippen LogP contribution in [-0.4, -0.2) is 49.2 Å². The van der Waals surface area contributed by atoms with Crippen LogP contribution < -0.4 is 10.1 Å². The van der Waals surface area contributed by atoms with Crippen molar-refractivity contribution < 1.29 is 31.1 Å². The Morgan fingerprint density at radius 2 is 1.97 bits per heavy atom. The van der Waals surface area contributed by atoms with Gasteiger partial charge in [0.25, 0.3) is 0 Å². The first-order valence-corrected chi connectivity index (χ1v) is 11.3. The highest BCUT2D eigenvalue weighted by Gasteiger charge is 2.36. The van der Waals surface area contributed by atoms with Crippen molar-refractivity contribution in [2.75, 3.05) is 25.6 Å². The molecule has 1 aliphatic rings. The van der Waals surface area contributed by atoms with Crippen molar-refractivity contribution in [3.8, 4) is 5.75 Å². The van der Waals surface area contributed by atoms with Gasteiger partial charge < -0.3 is 14.8 Å². The quantitative estimate of drug-likeness (QED) is 0.581. The molecule has 1 fully saturated rings. The van der Waals surface area contributed by atoms with Crippen LogP contribution in [0.3, 0.4) is 0 Å². The number of alkyl halides is 3. The molecule has 0 saturated carbocycles. The lowest BCUT2D eigenvalue weighted by Gasteiger charge is -2.23. The van der Waals surface area contributed by atoms with Crippen molar-refractivity contribution in [1.29, 1.82) is 0 Å². The van der Waals surface area contributed by atoms with Gasteiger partial charge in [0.1, 0.15) is 16.3 Å². The minimum absolute atomic E-state index is 0.00480. The van der Waals surface area contributed by atoms with Crippen LogP contribution in [0.2, 0.25) is 0 Å². The Labute approximate surface area is 182 Å². The van der Waals surface area contributed by atoms with Crippen molar-refractivity contribution in [2.24, 2.45) is 0 Å². The van der Waals surface area contributed by atoms with Gasteiger partial charge in [-0.05, 0) is 31.9 Å². The molecule has 4 rings (SSSR count). The highest BCUT2D eigenvalue weighted by Crippen LogP contribution is 2.38. The summed E-state index contributed by atoms with van der Waals surface area (Å²) in [5.74, 6) is 0.137. The van der Waals surface area contributed by atoms with Crippen molar-refractivity contribution >= 4 is 32.2 Å². The summed E-state index contributed by atoms with van der Waals surface area (Å²) < 4.78 is 76.6. The zero-order valence-corrected chi connectivity index (χ0v) is 18.1. The van der Waals surface area contributed by atoms with Crippen LogP contribution in [0, 0.1) is 6.92 Å². The third-order valence-corrected chi connectivity index (χ3v) is 7.77. The van der Waals surface area contributed by atoms with E-state index in [-0.39, 0.29) is 22.0 Å². The highest BCUT2D eigenvalue weighted by molar-refractivity contribution is 7.92. The first kappa shape index (κ1) is 22.3. The predicted octanol–water partition coefficient (Wildman–Crippen LogP) is 3.99. The molecule has 0 bridgehead atoms. The monoisotopic (exact) mass is 470 g/mol. The zero-order chi connectivity index (χ0) is 23.1. The predicted molar refractivity (Wildman–Crippen MR) is 111 cm³/mol. The molecule has 0 aliphatic carbocycles. The third kappa shape index (κ3) is 3.99. The van der Waals surface area contributed by atoms with Crippen LogP contribution in [-0.2, 0) is 20.8 Å². The van der Waals surface area contributed by atoms with E-state index in [9.17, 15) is 21.6 Å². The number of halogens is 3. The van der Waals surface area contributed by atoms with Crippen LogP contribution in [0.1, 0.15) is 24.1 Å². The van der Waals surface area contributed by atoms with Crippen molar-refractivity contribution in [2.45, 2.75) is 36.1 Å². The van der Waals surface area contributed by atoms with Crippen LogP contribution in [0.4, 0.5) is 24.7 Å². The summed E-state index contributed by atoms with van der Waals surface area (Å²) in [6, 6.07) is 4.49. The van der Waals surface area contributed by atoms with E-state index in [1.807, 2.05) is 5.10 Å². The van der Waals surface area contributed by atoms with E-state index < -0.39 is 27.0 Å². The minimum Gasteiger partial charge on any atom is -0.495 e. The number of sulfone groups is 1. The van der Waals surface area contributed by atoms with Gasteiger partial charge in [-0.1, -0.05) is 0 Å². The molecule has 1 saturated heterocycles. The first-order chi connectivity index (χ1) is 15.1. The summed E-state index contributed by atoms with van der Waals surface area (Å²) in [4.78, 5) is 4.26. The number of benzene rings is 1. The second-order valence-electron chi connectivity index (χ2n) is 7.43. The summed E-state index contributed by atoms with van der Waals surface area (Å²) in [6.07, 6.45) is -2.37. The maximum atomic E-state index is 13.3. The fourth-order valence-corrected chi connectivity index (χ4v) is 5.61. The van der Waals surface area contributed by atoms with Gasteiger partial charge in [-0.15, -0.1) is 0 Å². The molecule has 0 unspecified atom stereocenters. The molecular weight excluding hydrogens is 449 g/mol. The minimum atomic E-state index is -4.57. The molecule has 2 N–H and O–H groups in total. The number of aromatic amines is 1. The fourth-order valence-electron chi connectivity index (χ4n) is 3.73. The van der Waals surface area contributed by atoms with Gasteiger partial charge in [-0.25, -0.2) is 8.42 Å². The number of pyridine rings is 1.